The van der Waals surface area contributed by atoms with Crippen LogP contribution < -0.4 is 11.3 Å². The molecule has 7 heteroatoms. The molecule has 1 saturated heterocycles. The van der Waals surface area contributed by atoms with Crippen LogP contribution in [0.3, 0.4) is 0 Å². The lowest BCUT2D eigenvalue weighted by molar-refractivity contribution is 0.208. The maximum atomic E-state index is 11.8. The predicted molar refractivity (Wildman–Crippen MR) is 62.9 cm³/mol. The van der Waals surface area contributed by atoms with Gasteiger partial charge in [0.2, 0.25) is 0 Å². The van der Waals surface area contributed by atoms with Crippen LogP contribution in [0.25, 0.3) is 0 Å². The van der Waals surface area contributed by atoms with Crippen molar-refractivity contribution in [1.29, 1.82) is 0 Å². The van der Waals surface area contributed by atoms with Gasteiger partial charge in [-0.2, -0.15) is 0 Å². The minimum Gasteiger partial charge on any atom is -0.383 e. The van der Waals surface area contributed by atoms with E-state index in [9.17, 15) is 8.42 Å². The standard InChI is InChI=1S/C9H19N3O3S/c1-15-6-5-11-9(12-10)8-4-2-3-7-16(8,13)14/h8H,2-7,10H2,1H3,(H,11,12). The van der Waals surface area contributed by atoms with Crippen LogP contribution in [0.1, 0.15) is 19.3 Å². The highest BCUT2D eigenvalue weighted by molar-refractivity contribution is 7.92. The van der Waals surface area contributed by atoms with Crippen LogP contribution in [0.5, 0.6) is 0 Å². The molecule has 1 aliphatic heterocycles. The largest absolute Gasteiger partial charge is 0.383 e. The van der Waals surface area contributed by atoms with E-state index in [1.807, 2.05) is 0 Å². The van der Waals surface area contributed by atoms with E-state index in [2.05, 4.69) is 10.4 Å². The third-order valence-electron chi connectivity index (χ3n) is 2.61. The molecule has 0 aromatic carbocycles. The van der Waals surface area contributed by atoms with Gasteiger partial charge in [0.1, 0.15) is 11.1 Å². The zero-order chi connectivity index (χ0) is 12.0. The Morgan fingerprint density at radius 1 is 1.56 bits per heavy atom. The van der Waals surface area contributed by atoms with Crippen LogP contribution in [0, 0.1) is 0 Å². The molecule has 0 saturated carbocycles. The zero-order valence-electron chi connectivity index (χ0n) is 9.48. The Balaban J connectivity index is 2.74. The molecule has 1 fully saturated rings. The van der Waals surface area contributed by atoms with Crippen LogP contribution in [0.15, 0.2) is 4.99 Å². The summed E-state index contributed by atoms with van der Waals surface area (Å²) in [5.41, 5.74) is 2.40. The first kappa shape index (κ1) is 13.4. The Morgan fingerprint density at radius 3 is 2.88 bits per heavy atom. The molecule has 16 heavy (non-hydrogen) atoms. The van der Waals surface area contributed by atoms with Crippen molar-refractivity contribution in [1.82, 2.24) is 5.43 Å². The first-order valence-electron chi connectivity index (χ1n) is 5.33. The van der Waals surface area contributed by atoms with E-state index in [0.717, 1.165) is 12.8 Å². The number of methoxy groups -OCH3 is 1. The number of amidine groups is 1. The summed E-state index contributed by atoms with van der Waals surface area (Å²) in [6, 6.07) is 0. The number of sulfone groups is 1. The second-order valence-electron chi connectivity index (χ2n) is 3.76. The zero-order valence-corrected chi connectivity index (χ0v) is 10.3. The number of ether oxygens (including phenoxy) is 1. The van der Waals surface area contributed by atoms with E-state index >= 15 is 0 Å². The van der Waals surface area contributed by atoms with Crippen molar-refractivity contribution in [2.75, 3.05) is 26.0 Å². The molecular formula is C9H19N3O3S. The minimum absolute atomic E-state index is 0.225. The van der Waals surface area contributed by atoms with Crippen molar-refractivity contribution in [3.63, 3.8) is 0 Å². The fourth-order valence-corrected chi connectivity index (χ4v) is 3.66. The van der Waals surface area contributed by atoms with Gasteiger partial charge >= 0.3 is 0 Å². The third-order valence-corrected chi connectivity index (χ3v) is 4.79. The van der Waals surface area contributed by atoms with Gasteiger partial charge in [-0.25, -0.2) is 14.3 Å². The van der Waals surface area contributed by atoms with Crippen LogP contribution in [-0.4, -0.2) is 45.5 Å². The van der Waals surface area contributed by atoms with Crippen LogP contribution >= 0.6 is 0 Å². The monoisotopic (exact) mass is 249 g/mol. The number of rotatable bonds is 4. The SMILES string of the molecule is COCCN=C(NN)C1CCCCS1(=O)=O. The van der Waals surface area contributed by atoms with Crippen LogP contribution in [-0.2, 0) is 14.6 Å². The van der Waals surface area contributed by atoms with Gasteiger partial charge in [0.05, 0.1) is 18.9 Å². The van der Waals surface area contributed by atoms with Crippen LogP contribution in [0.4, 0.5) is 0 Å². The van der Waals surface area contributed by atoms with Crippen molar-refractivity contribution >= 4 is 15.7 Å². The lowest BCUT2D eigenvalue weighted by Crippen LogP contribution is -2.46. The first-order chi connectivity index (χ1) is 7.61. The number of nitrogens with two attached hydrogens (primary N) is 1. The summed E-state index contributed by atoms with van der Waals surface area (Å²) in [5.74, 6) is 5.90. The molecule has 0 aromatic rings. The van der Waals surface area contributed by atoms with Crippen molar-refractivity contribution < 1.29 is 13.2 Å². The summed E-state index contributed by atoms with van der Waals surface area (Å²) >= 11 is 0. The Kier molecular flexibility index (Phi) is 5.17. The molecule has 0 spiro atoms. The van der Waals surface area contributed by atoms with Gasteiger partial charge < -0.3 is 10.2 Å². The average Bonchev–Trinajstić information content (AvgIpc) is 2.25. The van der Waals surface area contributed by atoms with E-state index in [1.165, 1.54) is 0 Å². The molecule has 1 aliphatic rings. The summed E-state index contributed by atoms with van der Waals surface area (Å²) in [6.45, 7) is 0.875. The number of aliphatic imine (C=N–C) groups is 1. The van der Waals surface area contributed by atoms with E-state index in [-0.39, 0.29) is 5.75 Å². The van der Waals surface area contributed by atoms with Crippen molar-refractivity contribution in [3.05, 3.63) is 0 Å². The predicted octanol–water partition coefficient (Wildman–Crippen LogP) is -0.538. The molecule has 0 radical (unpaired) electrons. The first-order valence-corrected chi connectivity index (χ1v) is 7.05. The Labute approximate surface area is 96.1 Å². The highest BCUT2D eigenvalue weighted by Crippen LogP contribution is 2.19. The molecule has 3 N–H and O–H groups in total. The summed E-state index contributed by atoms with van der Waals surface area (Å²) in [4.78, 5) is 4.13. The minimum atomic E-state index is -3.09. The van der Waals surface area contributed by atoms with E-state index < -0.39 is 15.1 Å². The average molecular weight is 249 g/mol. The molecule has 1 atom stereocenters. The highest BCUT2D eigenvalue weighted by Gasteiger charge is 2.32. The maximum absolute atomic E-state index is 11.8. The molecule has 0 aromatic heterocycles. The smallest absolute Gasteiger partial charge is 0.160 e. The Hall–Kier alpha value is -0.660. The number of nitrogens with zero attached hydrogens (tertiary/aromatic N) is 1. The molecule has 0 bridgehead atoms. The molecule has 6 nitrogen and oxygen atoms in total. The molecule has 94 valence electrons. The van der Waals surface area contributed by atoms with Gasteiger partial charge in [0.15, 0.2) is 9.84 Å². The van der Waals surface area contributed by atoms with Crippen LogP contribution in [0.2, 0.25) is 0 Å². The summed E-state index contributed by atoms with van der Waals surface area (Å²) in [6.07, 6.45) is 2.22. The second kappa shape index (κ2) is 6.17. The van der Waals surface area contributed by atoms with Gasteiger partial charge in [-0.1, -0.05) is 6.42 Å². The number of nitrogens with one attached hydrogen (secondary N) is 1. The van der Waals surface area contributed by atoms with E-state index in [4.69, 9.17) is 10.6 Å². The molecule has 0 amide bonds. The Bertz CT molecular complexity index is 340. The lowest BCUT2D eigenvalue weighted by Gasteiger charge is -2.23. The van der Waals surface area contributed by atoms with Gasteiger partial charge in [0.25, 0.3) is 0 Å². The maximum Gasteiger partial charge on any atom is 0.160 e. The summed E-state index contributed by atoms with van der Waals surface area (Å²) < 4.78 is 28.5. The quantitative estimate of drug-likeness (QED) is 0.229. The van der Waals surface area contributed by atoms with E-state index in [1.54, 1.807) is 7.11 Å². The van der Waals surface area contributed by atoms with Gasteiger partial charge in [-0.05, 0) is 12.8 Å². The topological polar surface area (TPSA) is 93.8 Å². The van der Waals surface area contributed by atoms with Gasteiger partial charge in [-0.15, -0.1) is 0 Å². The molecule has 1 unspecified atom stereocenters. The number of hydrogen-bond acceptors (Lipinski definition) is 5. The lowest BCUT2D eigenvalue weighted by atomic mass is 10.2. The Morgan fingerprint density at radius 2 is 2.31 bits per heavy atom. The fraction of sp³-hybridized carbons (Fsp3) is 0.889. The third kappa shape index (κ3) is 3.43. The van der Waals surface area contributed by atoms with Gasteiger partial charge in [0, 0.05) is 7.11 Å². The highest BCUT2D eigenvalue weighted by atomic mass is 32.2. The summed E-state index contributed by atoms with van der Waals surface area (Å²) in [5, 5.41) is -0.567. The number of hydrogen-bond donors (Lipinski definition) is 2. The normalized spacial score (nSPS) is 25.4. The molecule has 1 rings (SSSR count). The van der Waals surface area contributed by atoms with E-state index in [0.29, 0.717) is 25.4 Å². The van der Waals surface area contributed by atoms with Crippen molar-refractivity contribution in [2.24, 2.45) is 10.8 Å². The number of hydrazine groups is 1. The summed E-state index contributed by atoms with van der Waals surface area (Å²) in [7, 11) is -1.51. The molecule has 0 aliphatic carbocycles. The molecular weight excluding hydrogens is 230 g/mol. The van der Waals surface area contributed by atoms with Crippen molar-refractivity contribution in [3.8, 4) is 0 Å². The second-order valence-corrected chi connectivity index (χ2v) is 6.06. The fourth-order valence-electron chi connectivity index (χ4n) is 1.76. The van der Waals surface area contributed by atoms with Crippen molar-refractivity contribution in [2.45, 2.75) is 24.5 Å². The molecule has 1 heterocycles. The van der Waals surface area contributed by atoms with Gasteiger partial charge in [-0.3, -0.25) is 4.99 Å².